The molecule has 0 amide bonds. The lowest BCUT2D eigenvalue weighted by Crippen LogP contribution is -2.21. The van der Waals surface area contributed by atoms with Crippen LogP contribution in [0.15, 0.2) is 58.2 Å². The number of carbonyl (C=O) groups is 1. The third kappa shape index (κ3) is 5.29. The maximum atomic E-state index is 12.8. The molecule has 0 N–H and O–H groups in total. The van der Waals surface area contributed by atoms with Gasteiger partial charge in [0.1, 0.15) is 0 Å². The third-order valence-electron chi connectivity index (χ3n) is 3.77. The molecule has 0 fully saturated rings. The van der Waals surface area contributed by atoms with E-state index in [2.05, 4.69) is 9.84 Å². The van der Waals surface area contributed by atoms with Gasteiger partial charge < -0.3 is 4.74 Å². The molecule has 0 saturated carbocycles. The van der Waals surface area contributed by atoms with Crippen molar-refractivity contribution < 1.29 is 17.9 Å². The molecule has 25 heavy (non-hydrogen) atoms. The Hall–Kier alpha value is -2.41. The summed E-state index contributed by atoms with van der Waals surface area (Å²) in [5, 5.41) is 4.08. The zero-order valence-electron chi connectivity index (χ0n) is 14.4. The van der Waals surface area contributed by atoms with Crippen LogP contribution in [0.25, 0.3) is 0 Å². The molecule has 0 aromatic heterocycles. The second kappa shape index (κ2) is 8.62. The van der Waals surface area contributed by atoms with Crippen molar-refractivity contribution in [3.05, 3.63) is 53.8 Å². The number of esters is 1. The Morgan fingerprint density at radius 3 is 2.56 bits per heavy atom. The van der Waals surface area contributed by atoms with E-state index in [1.54, 1.807) is 12.1 Å². The monoisotopic (exact) mass is 362 g/mol. The summed E-state index contributed by atoms with van der Waals surface area (Å²) in [6.07, 6.45) is 9.72. The number of rotatable bonds is 6. The van der Waals surface area contributed by atoms with Crippen LogP contribution in [0.4, 0.5) is 0 Å². The molecule has 7 heteroatoms. The van der Waals surface area contributed by atoms with E-state index in [1.165, 1.54) is 25.5 Å². The fourth-order valence-electron chi connectivity index (χ4n) is 2.30. The number of sulfonamides is 1. The third-order valence-corrected chi connectivity index (χ3v) is 5.34. The Kier molecular flexibility index (Phi) is 6.52. The van der Waals surface area contributed by atoms with Crippen LogP contribution < -0.4 is 0 Å². The SMILES string of the molecule is COC(=O)/C=C\N(/N=C/C1=CCCCC1)S(=O)(=O)c1ccc(C)cc1. The fourth-order valence-corrected chi connectivity index (χ4v) is 3.39. The minimum Gasteiger partial charge on any atom is -0.466 e. The average molecular weight is 362 g/mol. The first-order valence-corrected chi connectivity index (χ1v) is 9.48. The molecule has 0 radical (unpaired) electrons. The number of hydrogen-bond donors (Lipinski definition) is 0. The number of hydrazone groups is 1. The zero-order chi connectivity index (χ0) is 18.3. The molecule has 2 rings (SSSR count). The smallest absolute Gasteiger partial charge is 0.332 e. The van der Waals surface area contributed by atoms with Gasteiger partial charge in [-0.25, -0.2) is 4.79 Å². The Morgan fingerprint density at radius 2 is 1.96 bits per heavy atom. The molecule has 1 aromatic rings. The molecule has 0 bridgehead atoms. The summed E-state index contributed by atoms with van der Waals surface area (Å²) >= 11 is 0. The highest BCUT2D eigenvalue weighted by molar-refractivity contribution is 7.89. The molecule has 1 aliphatic carbocycles. The van der Waals surface area contributed by atoms with Gasteiger partial charge in [-0.3, -0.25) is 0 Å². The Bertz CT molecular complexity index is 793. The quantitative estimate of drug-likeness (QED) is 0.337. The van der Waals surface area contributed by atoms with Gasteiger partial charge >= 0.3 is 5.97 Å². The van der Waals surface area contributed by atoms with Crippen LogP contribution in [0, 0.1) is 6.92 Å². The van der Waals surface area contributed by atoms with Gasteiger partial charge in [-0.1, -0.05) is 23.8 Å². The minimum absolute atomic E-state index is 0.0994. The van der Waals surface area contributed by atoms with Crippen LogP contribution in [0.2, 0.25) is 0 Å². The summed E-state index contributed by atoms with van der Waals surface area (Å²) in [4.78, 5) is 11.4. The van der Waals surface area contributed by atoms with E-state index in [1.807, 2.05) is 13.0 Å². The van der Waals surface area contributed by atoms with Crippen molar-refractivity contribution in [2.24, 2.45) is 5.10 Å². The molecule has 6 nitrogen and oxygen atoms in total. The highest BCUT2D eigenvalue weighted by Crippen LogP contribution is 2.19. The number of hydrogen-bond acceptors (Lipinski definition) is 5. The van der Waals surface area contributed by atoms with Crippen LogP contribution in [-0.4, -0.2) is 32.1 Å². The number of benzene rings is 1. The maximum absolute atomic E-state index is 12.8. The normalized spacial score (nSPS) is 15.4. The van der Waals surface area contributed by atoms with Gasteiger partial charge in [0.15, 0.2) is 0 Å². The van der Waals surface area contributed by atoms with E-state index in [9.17, 15) is 13.2 Å². The van der Waals surface area contributed by atoms with E-state index in [4.69, 9.17) is 0 Å². The molecule has 0 heterocycles. The molecule has 0 spiro atoms. The average Bonchev–Trinajstić information content (AvgIpc) is 2.62. The van der Waals surface area contributed by atoms with E-state index in [0.717, 1.165) is 53.5 Å². The van der Waals surface area contributed by atoms with E-state index in [0.29, 0.717) is 0 Å². The summed E-state index contributed by atoms with van der Waals surface area (Å²) in [5.74, 6) is -0.656. The van der Waals surface area contributed by atoms with Crippen molar-refractivity contribution in [3.8, 4) is 0 Å². The van der Waals surface area contributed by atoms with Crippen molar-refractivity contribution in [3.63, 3.8) is 0 Å². The number of ether oxygens (including phenoxy) is 1. The highest BCUT2D eigenvalue weighted by atomic mass is 32.2. The lowest BCUT2D eigenvalue weighted by atomic mass is 10.0. The Balaban J connectivity index is 2.33. The minimum atomic E-state index is -3.91. The molecule has 1 aliphatic rings. The molecule has 0 unspecified atom stereocenters. The summed E-state index contributed by atoms with van der Waals surface area (Å²) < 4.78 is 30.9. The van der Waals surface area contributed by atoms with Crippen LogP contribution >= 0.6 is 0 Å². The van der Waals surface area contributed by atoms with Crippen molar-refractivity contribution >= 4 is 22.2 Å². The van der Waals surface area contributed by atoms with Crippen LogP contribution in [0.1, 0.15) is 31.2 Å². The van der Waals surface area contributed by atoms with Gasteiger partial charge in [0.2, 0.25) is 0 Å². The number of carbonyl (C=O) groups excluding carboxylic acids is 1. The summed E-state index contributed by atoms with van der Waals surface area (Å²) in [7, 11) is -2.69. The second-order valence-corrected chi connectivity index (χ2v) is 7.49. The first kappa shape index (κ1) is 18.9. The van der Waals surface area contributed by atoms with E-state index >= 15 is 0 Å². The molecule has 0 atom stereocenters. The van der Waals surface area contributed by atoms with Crippen molar-refractivity contribution in [2.45, 2.75) is 37.5 Å². The van der Waals surface area contributed by atoms with Crippen molar-refractivity contribution in [1.29, 1.82) is 0 Å². The van der Waals surface area contributed by atoms with Gasteiger partial charge in [0.25, 0.3) is 10.0 Å². The molecule has 134 valence electrons. The summed E-state index contributed by atoms with van der Waals surface area (Å²) in [6, 6.07) is 6.45. The fraction of sp³-hybridized carbons (Fsp3) is 0.333. The van der Waals surface area contributed by atoms with Crippen molar-refractivity contribution in [2.75, 3.05) is 7.11 Å². The van der Waals surface area contributed by atoms with Crippen LogP contribution in [0.5, 0.6) is 0 Å². The van der Waals surface area contributed by atoms with Gasteiger partial charge in [0, 0.05) is 12.3 Å². The first-order valence-electron chi connectivity index (χ1n) is 8.04. The largest absolute Gasteiger partial charge is 0.466 e. The molecule has 1 aromatic carbocycles. The Morgan fingerprint density at radius 1 is 1.24 bits per heavy atom. The predicted molar refractivity (Wildman–Crippen MR) is 96.4 cm³/mol. The lowest BCUT2D eigenvalue weighted by molar-refractivity contribution is -0.134. The van der Waals surface area contributed by atoms with Gasteiger partial charge in [-0.2, -0.15) is 17.9 Å². The van der Waals surface area contributed by atoms with Crippen LogP contribution in [-0.2, 0) is 19.6 Å². The number of nitrogens with zero attached hydrogens (tertiary/aromatic N) is 2. The Labute approximate surface area is 148 Å². The van der Waals surface area contributed by atoms with E-state index in [-0.39, 0.29) is 4.90 Å². The molecular weight excluding hydrogens is 340 g/mol. The number of aryl methyl sites for hydroxylation is 1. The maximum Gasteiger partial charge on any atom is 0.332 e. The molecule has 0 aliphatic heterocycles. The zero-order valence-corrected chi connectivity index (χ0v) is 15.2. The van der Waals surface area contributed by atoms with Gasteiger partial charge in [-0.05, 0) is 50.3 Å². The molecular formula is C18H22N2O4S. The van der Waals surface area contributed by atoms with Crippen molar-refractivity contribution in [1.82, 2.24) is 4.41 Å². The number of allylic oxidation sites excluding steroid dienone is 2. The van der Waals surface area contributed by atoms with Gasteiger partial charge in [-0.15, -0.1) is 0 Å². The first-order chi connectivity index (χ1) is 11.9. The summed E-state index contributed by atoms with van der Waals surface area (Å²) in [6.45, 7) is 1.87. The summed E-state index contributed by atoms with van der Waals surface area (Å²) in [5.41, 5.74) is 1.94. The topological polar surface area (TPSA) is 76.0 Å². The van der Waals surface area contributed by atoms with E-state index < -0.39 is 16.0 Å². The lowest BCUT2D eigenvalue weighted by Gasteiger charge is -2.16. The standard InChI is InChI=1S/C18H22N2O4S/c1-15-8-10-17(11-9-15)25(22,23)20(13-12-18(21)24-2)19-14-16-6-4-3-5-7-16/h6,8-14H,3-5,7H2,1-2H3/b13-12-,19-14+. The number of methoxy groups -OCH3 is 1. The highest BCUT2D eigenvalue weighted by Gasteiger charge is 2.21. The van der Waals surface area contributed by atoms with Gasteiger partial charge in [0.05, 0.1) is 18.2 Å². The predicted octanol–water partition coefficient (Wildman–Crippen LogP) is 3.16. The molecule has 0 saturated heterocycles. The van der Waals surface area contributed by atoms with Crippen LogP contribution in [0.3, 0.4) is 0 Å². The second-order valence-electron chi connectivity index (χ2n) is 5.70.